The molecule has 1 fully saturated rings. The molecule has 6 nitrogen and oxygen atoms in total. The monoisotopic (exact) mass is 314 g/mol. The Bertz CT molecular complexity index is 588. The molecule has 0 radical (unpaired) electrons. The third kappa shape index (κ3) is 3.14. The Balaban J connectivity index is 2.34. The van der Waals surface area contributed by atoms with Crippen molar-refractivity contribution in [2.24, 2.45) is 5.73 Å². The second-order valence-electron chi connectivity index (χ2n) is 5.82. The highest BCUT2D eigenvalue weighted by atomic mass is 32.2. The average Bonchev–Trinajstić information content (AvgIpc) is 2.74. The lowest BCUT2D eigenvalue weighted by Gasteiger charge is -2.30. The van der Waals surface area contributed by atoms with Crippen LogP contribution in [0.25, 0.3) is 0 Å². The summed E-state index contributed by atoms with van der Waals surface area (Å²) in [5.41, 5.74) is 6.79. The SMILES string of the molecule is Cc1nn(CCN)c(C)c1S(=O)(=O)N(C)C1CCCCC1. The van der Waals surface area contributed by atoms with E-state index in [1.807, 2.05) is 0 Å². The van der Waals surface area contributed by atoms with Gasteiger partial charge in [-0.2, -0.15) is 9.40 Å². The highest BCUT2D eigenvalue weighted by Gasteiger charge is 2.33. The largest absolute Gasteiger partial charge is 0.329 e. The minimum Gasteiger partial charge on any atom is -0.329 e. The van der Waals surface area contributed by atoms with E-state index in [-0.39, 0.29) is 6.04 Å². The highest BCUT2D eigenvalue weighted by molar-refractivity contribution is 7.89. The molecule has 21 heavy (non-hydrogen) atoms. The summed E-state index contributed by atoms with van der Waals surface area (Å²) in [5, 5.41) is 4.32. The van der Waals surface area contributed by atoms with Crippen LogP contribution in [0.1, 0.15) is 43.5 Å². The smallest absolute Gasteiger partial charge is 0.246 e. The van der Waals surface area contributed by atoms with Crippen LogP contribution in [0.5, 0.6) is 0 Å². The zero-order chi connectivity index (χ0) is 15.6. The van der Waals surface area contributed by atoms with Crippen molar-refractivity contribution in [3.05, 3.63) is 11.4 Å². The summed E-state index contributed by atoms with van der Waals surface area (Å²) in [6.07, 6.45) is 5.32. The van der Waals surface area contributed by atoms with Crippen LogP contribution in [0, 0.1) is 13.8 Å². The van der Waals surface area contributed by atoms with E-state index in [1.54, 1.807) is 29.9 Å². The van der Waals surface area contributed by atoms with Crippen molar-refractivity contribution >= 4 is 10.0 Å². The second-order valence-corrected chi connectivity index (χ2v) is 7.76. The van der Waals surface area contributed by atoms with E-state index in [2.05, 4.69) is 5.10 Å². The van der Waals surface area contributed by atoms with Crippen molar-refractivity contribution in [2.75, 3.05) is 13.6 Å². The third-order valence-electron chi connectivity index (χ3n) is 4.38. The first-order chi connectivity index (χ1) is 9.89. The Kier molecular flexibility index (Phi) is 5.06. The first kappa shape index (κ1) is 16.5. The summed E-state index contributed by atoms with van der Waals surface area (Å²) < 4.78 is 29.1. The molecule has 1 aromatic rings. The van der Waals surface area contributed by atoms with Crippen LogP contribution in [0.2, 0.25) is 0 Å². The van der Waals surface area contributed by atoms with Crippen LogP contribution >= 0.6 is 0 Å². The predicted molar refractivity (Wildman–Crippen MR) is 82.6 cm³/mol. The maximum atomic E-state index is 12.9. The van der Waals surface area contributed by atoms with Crippen molar-refractivity contribution in [2.45, 2.75) is 63.4 Å². The van der Waals surface area contributed by atoms with Gasteiger partial charge in [-0.05, 0) is 26.7 Å². The van der Waals surface area contributed by atoms with E-state index < -0.39 is 10.0 Å². The summed E-state index contributed by atoms with van der Waals surface area (Å²) in [6.45, 7) is 4.54. The van der Waals surface area contributed by atoms with Crippen LogP contribution in [0.15, 0.2) is 4.90 Å². The molecule has 0 aromatic carbocycles. The number of aromatic nitrogens is 2. The van der Waals surface area contributed by atoms with Gasteiger partial charge in [0.1, 0.15) is 4.90 Å². The Morgan fingerprint density at radius 1 is 1.29 bits per heavy atom. The Morgan fingerprint density at radius 2 is 1.90 bits per heavy atom. The van der Waals surface area contributed by atoms with Gasteiger partial charge in [0.15, 0.2) is 0 Å². The van der Waals surface area contributed by atoms with E-state index in [0.717, 1.165) is 25.7 Å². The predicted octanol–water partition coefficient (Wildman–Crippen LogP) is 1.41. The van der Waals surface area contributed by atoms with E-state index >= 15 is 0 Å². The molecule has 120 valence electrons. The molecule has 0 saturated heterocycles. The lowest BCUT2D eigenvalue weighted by atomic mass is 9.96. The molecule has 2 N–H and O–H groups in total. The molecule has 7 heteroatoms. The summed E-state index contributed by atoms with van der Waals surface area (Å²) in [5.74, 6) is 0. The van der Waals surface area contributed by atoms with Gasteiger partial charge in [-0.1, -0.05) is 19.3 Å². The van der Waals surface area contributed by atoms with Crippen LogP contribution < -0.4 is 5.73 Å². The lowest BCUT2D eigenvalue weighted by molar-refractivity contribution is 0.285. The molecular formula is C14H26N4O2S. The van der Waals surface area contributed by atoms with Gasteiger partial charge in [0.05, 0.1) is 17.9 Å². The second kappa shape index (κ2) is 6.46. The van der Waals surface area contributed by atoms with E-state index in [9.17, 15) is 8.42 Å². The average molecular weight is 314 g/mol. The van der Waals surface area contributed by atoms with Gasteiger partial charge >= 0.3 is 0 Å². The Morgan fingerprint density at radius 3 is 2.48 bits per heavy atom. The third-order valence-corrected chi connectivity index (χ3v) is 6.55. The highest BCUT2D eigenvalue weighted by Crippen LogP contribution is 2.29. The fourth-order valence-corrected chi connectivity index (χ4v) is 4.96. The molecule has 0 amide bonds. The van der Waals surface area contributed by atoms with Gasteiger partial charge in [-0.3, -0.25) is 4.68 Å². The Hall–Kier alpha value is -0.920. The molecule has 0 atom stereocenters. The summed E-state index contributed by atoms with van der Waals surface area (Å²) in [6, 6.07) is 0.111. The number of nitrogens with two attached hydrogens (primary N) is 1. The van der Waals surface area contributed by atoms with Crippen molar-refractivity contribution in [3.63, 3.8) is 0 Å². The molecule has 1 aliphatic carbocycles. The summed E-state index contributed by atoms with van der Waals surface area (Å²) >= 11 is 0. The minimum absolute atomic E-state index is 0.111. The van der Waals surface area contributed by atoms with E-state index in [0.29, 0.717) is 29.4 Å². The zero-order valence-electron chi connectivity index (χ0n) is 13.2. The fourth-order valence-electron chi connectivity index (χ4n) is 3.18. The molecule has 1 saturated carbocycles. The molecule has 2 rings (SSSR count). The van der Waals surface area contributed by atoms with Crippen LogP contribution in [-0.4, -0.2) is 42.1 Å². The summed E-state index contributed by atoms with van der Waals surface area (Å²) in [7, 11) is -1.79. The van der Waals surface area contributed by atoms with Crippen LogP contribution in [0.4, 0.5) is 0 Å². The molecule has 0 unspecified atom stereocenters. The van der Waals surface area contributed by atoms with Gasteiger partial charge in [0.2, 0.25) is 10.0 Å². The maximum absolute atomic E-state index is 12.9. The molecule has 0 aliphatic heterocycles. The summed E-state index contributed by atoms with van der Waals surface area (Å²) in [4.78, 5) is 0.351. The van der Waals surface area contributed by atoms with Crippen molar-refractivity contribution < 1.29 is 8.42 Å². The first-order valence-corrected chi connectivity index (χ1v) is 9.05. The van der Waals surface area contributed by atoms with Gasteiger partial charge in [0, 0.05) is 19.6 Å². The molecule has 0 bridgehead atoms. The number of hydrogen-bond donors (Lipinski definition) is 1. The molecule has 1 heterocycles. The topological polar surface area (TPSA) is 81.2 Å². The molecule has 1 aliphatic rings. The number of sulfonamides is 1. The quantitative estimate of drug-likeness (QED) is 0.891. The first-order valence-electron chi connectivity index (χ1n) is 7.61. The number of rotatable bonds is 5. The molecule has 0 spiro atoms. The van der Waals surface area contributed by atoms with Crippen LogP contribution in [-0.2, 0) is 16.6 Å². The number of nitrogens with zero attached hydrogens (tertiary/aromatic N) is 3. The number of hydrogen-bond acceptors (Lipinski definition) is 4. The molecule has 1 aromatic heterocycles. The maximum Gasteiger partial charge on any atom is 0.246 e. The van der Waals surface area contributed by atoms with Crippen molar-refractivity contribution in [1.29, 1.82) is 0 Å². The van der Waals surface area contributed by atoms with E-state index in [4.69, 9.17) is 5.73 Å². The normalized spacial score (nSPS) is 17.6. The zero-order valence-corrected chi connectivity index (χ0v) is 14.0. The van der Waals surface area contributed by atoms with Gasteiger partial charge in [-0.25, -0.2) is 8.42 Å². The fraction of sp³-hybridized carbons (Fsp3) is 0.786. The standard InChI is InChI=1S/C14H26N4O2S/c1-11-14(12(2)18(16-11)10-9-15)21(19,20)17(3)13-7-5-4-6-8-13/h13H,4-10,15H2,1-3H3. The number of aryl methyl sites for hydroxylation is 1. The van der Waals surface area contributed by atoms with Gasteiger partial charge < -0.3 is 5.73 Å². The lowest BCUT2D eigenvalue weighted by Crippen LogP contribution is -2.38. The minimum atomic E-state index is -3.49. The van der Waals surface area contributed by atoms with Crippen LogP contribution in [0.3, 0.4) is 0 Å². The molecular weight excluding hydrogens is 288 g/mol. The van der Waals surface area contributed by atoms with Gasteiger partial charge in [0.25, 0.3) is 0 Å². The van der Waals surface area contributed by atoms with E-state index in [1.165, 1.54) is 6.42 Å². The van der Waals surface area contributed by atoms with Gasteiger partial charge in [-0.15, -0.1) is 0 Å². The van der Waals surface area contributed by atoms with Crippen molar-refractivity contribution in [1.82, 2.24) is 14.1 Å². The van der Waals surface area contributed by atoms with Crippen molar-refractivity contribution in [3.8, 4) is 0 Å². The Labute approximate surface area is 127 Å².